The first-order valence-corrected chi connectivity index (χ1v) is 6.47. The minimum absolute atomic E-state index is 0.161. The third-order valence-corrected chi connectivity index (χ3v) is 3.88. The normalized spacial score (nSPS) is 12.7. The fraction of sp³-hybridized carbons (Fsp3) is 0.308. The van der Waals surface area contributed by atoms with Gasteiger partial charge in [0, 0.05) is 13.2 Å². The van der Waals surface area contributed by atoms with E-state index in [0.29, 0.717) is 10.0 Å². The van der Waals surface area contributed by atoms with E-state index >= 15 is 0 Å². The number of likely N-dealkylation sites (N-methyl/N-ethyl adjacent to an activating group) is 1. The number of nitrogens with zero attached hydrogens (tertiary/aromatic N) is 2. The van der Waals surface area contributed by atoms with E-state index in [-0.39, 0.29) is 6.04 Å². The molecule has 1 heterocycles. The fourth-order valence-electron chi connectivity index (χ4n) is 2.01. The Morgan fingerprint density at radius 2 is 2.11 bits per heavy atom. The Morgan fingerprint density at radius 3 is 2.72 bits per heavy atom. The van der Waals surface area contributed by atoms with E-state index < -0.39 is 0 Å². The van der Waals surface area contributed by atoms with Crippen LogP contribution in [0.15, 0.2) is 30.5 Å². The van der Waals surface area contributed by atoms with Gasteiger partial charge in [-0.1, -0.05) is 35.3 Å². The summed E-state index contributed by atoms with van der Waals surface area (Å²) in [5.41, 5.74) is 2.15. The van der Waals surface area contributed by atoms with Gasteiger partial charge in [-0.2, -0.15) is 5.10 Å². The van der Waals surface area contributed by atoms with Gasteiger partial charge in [0.15, 0.2) is 0 Å². The summed E-state index contributed by atoms with van der Waals surface area (Å²) in [7, 11) is 3.86. The maximum atomic E-state index is 6.21. The van der Waals surface area contributed by atoms with Crippen molar-refractivity contribution in [2.45, 2.75) is 12.5 Å². The van der Waals surface area contributed by atoms with Crippen molar-refractivity contribution in [3.05, 3.63) is 51.8 Å². The van der Waals surface area contributed by atoms with Crippen LogP contribution in [-0.4, -0.2) is 16.8 Å². The Balaban J connectivity index is 2.26. The first-order chi connectivity index (χ1) is 8.63. The van der Waals surface area contributed by atoms with Gasteiger partial charge in [-0.05, 0) is 31.2 Å². The Kier molecular flexibility index (Phi) is 4.27. The summed E-state index contributed by atoms with van der Waals surface area (Å²) in [6, 6.07) is 7.87. The van der Waals surface area contributed by atoms with Crippen molar-refractivity contribution in [3.63, 3.8) is 0 Å². The van der Waals surface area contributed by atoms with Crippen LogP contribution < -0.4 is 5.32 Å². The Hall–Kier alpha value is -1.03. The molecule has 0 amide bonds. The molecular formula is C13H15Cl2N3. The lowest BCUT2D eigenvalue weighted by Crippen LogP contribution is -2.21. The predicted octanol–water partition coefficient (Wildman–Crippen LogP) is 3.23. The average molecular weight is 284 g/mol. The Labute approximate surface area is 117 Å². The van der Waals surface area contributed by atoms with Gasteiger partial charge in [0.2, 0.25) is 0 Å². The molecule has 0 radical (unpaired) electrons. The maximum absolute atomic E-state index is 6.21. The van der Waals surface area contributed by atoms with Gasteiger partial charge in [0.05, 0.1) is 21.8 Å². The summed E-state index contributed by atoms with van der Waals surface area (Å²) in [4.78, 5) is 0. The minimum atomic E-state index is 0.161. The van der Waals surface area contributed by atoms with E-state index in [1.165, 1.54) is 0 Å². The first kappa shape index (κ1) is 13.4. The molecule has 0 fully saturated rings. The number of aryl methyl sites for hydroxylation is 1. The molecule has 1 N–H and O–H groups in total. The van der Waals surface area contributed by atoms with E-state index in [2.05, 4.69) is 10.4 Å². The number of halogens is 2. The molecular weight excluding hydrogens is 269 g/mol. The van der Waals surface area contributed by atoms with Crippen molar-refractivity contribution in [1.82, 2.24) is 15.1 Å². The molecule has 1 aromatic heterocycles. The van der Waals surface area contributed by atoms with Gasteiger partial charge in [-0.15, -0.1) is 0 Å². The van der Waals surface area contributed by atoms with Gasteiger partial charge in [-0.25, -0.2) is 0 Å². The molecule has 96 valence electrons. The van der Waals surface area contributed by atoms with Gasteiger partial charge >= 0.3 is 0 Å². The summed E-state index contributed by atoms with van der Waals surface area (Å²) < 4.78 is 1.86. The molecule has 0 saturated carbocycles. The maximum Gasteiger partial charge on any atom is 0.0625 e. The third-order valence-electron chi connectivity index (χ3n) is 3.02. The highest BCUT2D eigenvalue weighted by Gasteiger charge is 2.15. The van der Waals surface area contributed by atoms with Crippen molar-refractivity contribution in [1.29, 1.82) is 0 Å². The topological polar surface area (TPSA) is 29.9 Å². The second-order valence-electron chi connectivity index (χ2n) is 4.14. The van der Waals surface area contributed by atoms with Gasteiger partial charge in [0.25, 0.3) is 0 Å². The predicted molar refractivity (Wildman–Crippen MR) is 75.2 cm³/mol. The second kappa shape index (κ2) is 5.74. The quantitative estimate of drug-likeness (QED) is 0.934. The number of hydrogen-bond acceptors (Lipinski definition) is 2. The summed E-state index contributed by atoms with van der Waals surface area (Å²) in [6.07, 6.45) is 2.56. The van der Waals surface area contributed by atoms with Gasteiger partial charge in [-0.3, -0.25) is 4.68 Å². The van der Waals surface area contributed by atoms with Crippen molar-refractivity contribution in [3.8, 4) is 0 Å². The van der Waals surface area contributed by atoms with Crippen molar-refractivity contribution < 1.29 is 0 Å². The number of benzene rings is 1. The van der Waals surface area contributed by atoms with Crippen LogP contribution in [-0.2, 0) is 13.5 Å². The summed E-state index contributed by atoms with van der Waals surface area (Å²) >= 11 is 12.2. The molecule has 0 aliphatic carbocycles. The molecule has 0 aliphatic heterocycles. The lowest BCUT2D eigenvalue weighted by Gasteiger charge is -2.17. The molecule has 1 unspecified atom stereocenters. The summed E-state index contributed by atoms with van der Waals surface area (Å²) in [5.74, 6) is 0. The zero-order valence-corrected chi connectivity index (χ0v) is 11.8. The van der Waals surface area contributed by atoms with Gasteiger partial charge < -0.3 is 5.32 Å². The number of rotatable bonds is 4. The molecule has 1 atom stereocenters. The summed E-state index contributed by atoms with van der Waals surface area (Å²) in [5, 5.41) is 8.68. The summed E-state index contributed by atoms with van der Waals surface area (Å²) in [6.45, 7) is 0. The molecule has 0 aliphatic rings. The van der Waals surface area contributed by atoms with Crippen LogP contribution in [0.5, 0.6) is 0 Å². The van der Waals surface area contributed by atoms with Crippen LogP contribution in [0.3, 0.4) is 0 Å². The van der Waals surface area contributed by atoms with Crippen LogP contribution in [0.2, 0.25) is 10.0 Å². The average Bonchev–Trinajstić information content (AvgIpc) is 2.77. The Bertz CT molecular complexity index is 537. The molecule has 0 spiro atoms. The molecule has 18 heavy (non-hydrogen) atoms. The zero-order valence-electron chi connectivity index (χ0n) is 10.3. The third kappa shape index (κ3) is 2.69. The highest BCUT2D eigenvalue weighted by molar-refractivity contribution is 6.42. The SMILES string of the molecule is CNC(Cc1cccc(Cl)c1Cl)c1ccnn1C. The minimum Gasteiger partial charge on any atom is -0.311 e. The van der Waals surface area contributed by atoms with E-state index in [4.69, 9.17) is 23.2 Å². The van der Waals surface area contributed by atoms with Crippen molar-refractivity contribution in [2.24, 2.45) is 7.05 Å². The molecule has 1 aromatic carbocycles. The highest BCUT2D eigenvalue weighted by atomic mass is 35.5. The largest absolute Gasteiger partial charge is 0.311 e. The molecule has 2 rings (SSSR count). The van der Waals surface area contributed by atoms with E-state index in [1.54, 1.807) is 12.3 Å². The van der Waals surface area contributed by atoms with E-state index in [1.807, 2.05) is 37.0 Å². The van der Waals surface area contributed by atoms with Crippen molar-refractivity contribution >= 4 is 23.2 Å². The molecule has 2 aromatic rings. The highest BCUT2D eigenvalue weighted by Crippen LogP contribution is 2.28. The number of nitrogens with one attached hydrogen (secondary N) is 1. The molecule has 5 heteroatoms. The van der Waals surface area contributed by atoms with Crippen molar-refractivity contribution in [2.75, 3.05) is 7.05 Å². The van der Waals surface area contributed by atoms with E-state index in [9.17, 15) is 0 Å². The molecule has 3 nitrogen and oxygen atoms in total. The van der Waals surface area contributed by atoms with Crippen LogP contribution >= 0.6 is 23.2 Å². The van der Waals surface area contributed by atoms with Crippen LogP contribution in [0, 0.1) is 0 Å². The van der Waals surface area contributed by atoms with Crippen LogP contribution in [0.1, 0.15) is 17.3 Å². The molecule has 0 saturated heterocycles. The number of hydrogen-bond donors (Lipinski definition) is 1. The fourth-order valence-corrected chi connectivity index (χ4v) is 2.40. The van der Waals surface area contributed by atoms with Crippen LogP contribution in [0.4, 0.5) is 0 Å². The first-order valence-electron chi connectivity index (χ1n) is 5.71. The van der Waals surface area contributed by atoms with E-state index in [0.717, 1.165) is 17.7 Å². The second-order valence-corrected chi connectivity index (χ2v) is 4.92. The lowest BCUT2D eigenvalue weighted by atomic mass is 10.0. The number of aromatic nitrogens is 2. The molecule has 0 bridgehead atoms. The monoisotopic (exact) mass is 283 g/mol. The van der Waals surface area contributed by atoms with Crippen LogP contribution in [0.25, 0.3) is 0 Å². The lowest BCUT2D eigenvalue weighted by molar-refractivity contribution is 0.537. The smallest absolute Gasteiger partial charge is 0.0625 e. The zero-order chi connectivity index (χ0) is 13.1. The Morgan fingerprint density at radius 1 is 1.33 bits per heavy atom. The standard InChI is InChI=1S/C13H15Cl2N3/c1-16-11(12-6-7-17-18(12)2)8-9-4-3-5-10(14)13(9)15/h3-7,11,16H,8H2,1-2H3. The van der Waals surface area contributed by atoms with Gasteiger partial charge in [0.1, 0.15) is 0 Å².